The van der Waals surface area contributed by atoms with Crippen LogP contribution in [-0.2, 0) is 10.0 Å². The van der Waals surface area contributed by atoms with Crippen molar-refractivity contribution in [3.8, 4) is 6.07 Å². The summed E-state index contributed by atoms with van der Waals surface area (Å²) in [5, 5.41) is 8.81. The molecule has 7 heteroatoms. The molecule has 0 spiro atoms. The molecule has 2 rings (SSSR count). The van der Waals surface area contributed by atoms with Crippen LogP contribution < -0.4 is 4.72 Å². The van der Waals surface area contributed by atoms with Crippen LogP contribution in [0.3, 0.4) is 0 Å². The predicted octanol–water partition coefficient (Wildman–Crippen LogP) is 2.46. The molecular formula is C14H12N2O4S. The van der Waals surface area contributed by atoms with E-state index in [2.05, 4.69) is 4.72 Å². The number of carbonyl (C=O) groups is 1. The Balaban J connectivity index is 2.40. The second-order valence-electron chi connectivity index (χ2n) is 4.42. The molecular weight excluding hydrogens is 292 g/mol. The molecule has 1 aromatic carbocycles. The van der Waals surface area contributed by atoms with E-state index in [1.807, 2.05) is 0 Å². The molecule has 0 unspecified atom stereocenters. The van der Waals surface area contributed by atoms with E-state index < -0.39 is 10.0 Å². The van der Waals surface area contributed by atoms with Crippen LogP contribution in [0.25, 0.3) is 0 Å². The molecule has 1 heterocycles. The Morgan fingerprint density at radius 1 is 1.33 bits per heavy atom. The van der Waals surface area contributed by atoms with Gasteiger partial charge in [0.1, 0.15) is 11.0 Å². The Bertz CT molecular complexity index is 844. The lowest BCUT2D eigenvalue weighted by Crippen LogP contribution is -2.14. The monoisotopic (exact) mass is 304 g/mol. The zero-order chi connectivity index (χ0) is 15.6. The number of aryl methyl sites for hydroxylation is 1. The maximum atomic E-state index is 12.2. The number of benzene rings is 1. The third-order valence-electron chi connectivity index (χ3n) is 2.89. The van der Waals surface area contributed by atoms with Gasteiger partial charge in [-0.1, -0.05) is 6.07 Å². The van der Waals surface area contributed by atoms with Crippen LogP contribution in [0.2, 0.25) is 0 Å². The second-order valence-corrected chi connectivity index (χ2v) is 6.07. The van der Waals surface area contributed by atoms with Crippen LogP contribution in [0.15, 0.2) is 39.8 Å². The van der Waals surface area contributed by atoms with Crippen molar-refractivity contribution in [2.45, 2.75) is 18.7 Å². The van der Waals surface area contributed by atoms with Gasteiger partial charge in [-0.2, -0.15) is 5.26 Å². The Labute approximate surface area is 122 Å². The molecule has 108 valence electrons. The van der Waals surface area contributed by atoms with Gasteiger partial charge in [-0.05, 0) is 37.6 Å². The van der Waals surface area contributed by atoms with Gasteiger partial charge in [0.15, 0.2) is 5.78 Å². The number of nitrogens with one attached hydrogen (secondary N) is 1. The quantitative estimate of drug-likeness (QED) is 0.874. The van der Waals surface area contributed by atoms with Crippen LogP contribution >= 0.6 is 0 Å². The molecule has 0 atom stereocenters. The summed E-state index contributed by atoms with van der Waals surface area (Å²) in [6.07, 6.45) is 1.13. The first-order valence-corrected chi connectivity index (χ1v) is 7.45. The highest BCUT2D eigenvalue weighted by molar-refractivity contribution is 7.92. The Morgan fingerprint density at radius 3 is 2.67 bits per heavy atom. The molecule has 0 bridgehead atoms. The van der Waals surface area contributed by atoms with Crippen LogP contribution in [0.1, 0.15) is 28.6 Å². The Kier molecular flexibility index (Phi) is 3.82. The summed E-state index contributed by atoms with van der Waals surface area (Å²) in [6.45, 7) is 3.17. The third-order valence-corrected chi connectivity index (χ3v) is 4.29. The first-order chi connectivity index (χ1) is 9.85. The molecule has 0 aliphatic carbocycles. The number of rotatable bonds is 4. The van der Waals surface area contributed by atoms with Crippen molar-refractivity contribution in [2.24, 2.45) is 0 Å². The smallest absolute Gasteiger partial charge is 0.266 e. The van der Waals surface area contributed by atoms with Gasteiger partial charge in [0.2, 0.25) is 5.76 Å². The molecule has 0 saturated heterocycles. The lowest BCUT2D eigenvalue weighted by molar-refractivity contribution is 0.101. The van der Waals surface area contributed by atoms with Crippen molar-refractivity contribution in [1.82, 2.24) is 0 Å². The van der Waals surface area contributed by atoms with E-state index in [-0.39, 0.29) is 22.1 Å². The fourth-order valence-corrected chi connectivity index (χ4v) is 2.99. The zero-order valence-corrected chi connectivity index (χ0v) is 12.2. The van der Waals surface area contributed by atoms with Gasteiger partial charge in [-0.15, -0.1) is 0 Å². The Morgan fingerprint density at radius 2 is 2.05 bits per heavy atom. The van der Waals surface area contributed by atoms with Gasteiger partial charge >= 0.3 is 0 Å². The lowest BCUT2D eigenvalue weighted by atomic mass is 10.1. The summed E-state index contributed by atoms with van der Waals surface area (Å²) >= 11 is 0. The molecule has 0 radical (unpaired) electrons. The van der Waals surface area contributed by atoms with E-state index in [0.717, 1.165) is 11.8 Å². The summed E-state index contributed by atoms with van der Waals surface area (Å²) in [5.41, 5.74) is 1.44. The first-order valence-electron chi connectivity index (χ1n) is 5.97. The number of furan rings is 1. The van der Waals surface area contributed by atoms with E-state index in [0.29, 0.717) is 5.56 Å². The van der Waals surface area contributed by atoms with Crippen molar-refractivity contribution in [3.63, 3.8) is 0 Å². The molecule has 1 N–H and O–H groups in total. The third kappa shape index (κ3) is 2.95. The van der Waals surface area contributed by atoms with Crippen LogP contribution in [0.4, 0.5) is 5.69 Å². The summed E-state index contributed by atoms with van der Waals surface area (Å²) < 4.78 is 31.5. The molecule has 0 aliphatic heterocycles. The van der Waals surface area contributed by atoms with E-state index in [1.54, 1.807) is 25.1 Å². The summed E-state index contributed by atoms with van der Waals surface area (Å²) in [7, 11) is -3.95. The van der Waals surface area contributed by atoms with E-state index in [9.17, 15) is 13.2 Å². The largest absolute Gasteiger partial charge is 0.452 e. The minimum atomic E-state index is -3.95. The molecule has 6 nitrogen and oxygen atoms in total. The number of hydrogen-bond donors (Lipinski definition) is 1. The highest BCUT2D eigenvalue weighted by Gasteiger charge is 2.21. The minimum absolute atomic E-state index is 0.158. The maximum absolute atomic E-state index is 12.2. The fraction of sp³-hybridized carbons (Fsp3) is 0.143. The normalized spacial score (nSPS) is 10.9. The van der Waals surface area contributed by atoms with Crippen molar-refractivity contribution in [3.05, 3.63) is 47.4 Å². The van der Waals surface area contributed by atoms with Crippen molar-refractivity contribution in [1.29, 1.82) is 5.26 Å². The number of sulfonamides is 1. The molecule has 2 aromatic rings. The molecule has 0 saturated carbocycles. The number of carbonyl (C=O) groups excluding carboxylic acids is 1. The number of nitriles is 1. The number of hydrogen-bond acceptors (Lipinski definition) is 5. The summed E-state index contributed by atoms with van der Waals surface area (Å²) in [4.78, 5) is 11.2. The van der Waals surface area contributed by atoms with Crippen molar-refractivity contribution < 1.29 is 17.6 Å². The van der Waals surface area contributed by atoms with Crippen molar-refractivity contribution in [2.75, 3.05) is 4.72 Å². The first kappa shape index (κ1) is 14.8. The average Bonchev–Trinajstić information content (AvgIpc) is 2.89. The molecule has 1 aromatic heterocycles. The van der Waals surface area contributed by atoms with Gasteiger partial charge in [0.05, 0.1) is 6.26 Å². The number of ketones is 1. The highest BCUT2D eigenvalue weighted by atomic mass is 32.2. The molecule has 0 amide bonds. The van der Waals surface area contributed by atoms with Gasteiger partial charge in [-0.3, -0.25) is 9.52 Å². The fourth-order valence-electron chi connectivity index (χ4n) is 1.87. The molecule has 21 heavy (non-hydrogen) atoms. The number of anilines is 1. The average molecular weight is 304 g/mol. The number of Topliss-reactive ketones (excluding diaryl/α,β-unsaturated/α-hetero) is 1. The van der Waals surface area contributed by atoms with Gasteiger partial charge in [0, 0.05) is 11.3 Å². The highest BCUT2D eigenvalue weighted by Crippen LogP contribution is 2.22. The predicted molar refractivity (Wildman–Crippen MR) is 75.4 cm³/mol. The van der Waals surface area contributed by atoms with Crippen LogP contribution in [0, 0.1) is 18.3 Å². The standard InChI is InChI=1S/C14H12N2O4S/c1-9-3-4-11(7-12(9)10(2)17)16-21(18,19)14-5-6-20-13(14)8-15/h3-7,16H,1-2H3. The van der Waals surface area contributed by atoms with E-state index >= 15 is 0 Å². The van der Waals surface area contributed by atoms with E-state index in [4.69, 9.17) is 9.68 Å². The summed E-state index contributed by atoms with van der Waals surface area (Å²) in [5.74, 6) is -0.448. The minimum Gasteiger partial charge on any atom is -0.452 e. The van der Waals surface area contributed by atoms with Gasteiger partial charge < -0.3 is 4.42 Å². The van der Waals surface area contributed by atoms with Gasteiger partial charge in [-0.25, -0.2) is 8.42 Å². The second kappa shape index (κ2) is 5.42. The molecule has 0 aliphatic rings. The SMILES string of the molecule is CC(=O)c1cc(NS(=O)(=O)c2ccoc2C#N)ccc1C. The summed E-state index contributed by atoms with van der Waals surface area (Å²) in [6, 6.07) is 7.52. The van der Waals surface area contributed by atoms with Crippen molar-refractivity contribution >= 4 is 21.5 Å². The van der Waals surface area contributed by atoms with E-state index in [1.165, 1.54) is 19.1 Å². The van der Waals surface area contributed by atoms with Crippen LogP contribution in [-0.4, -0.2) is 14.2 Å². The Hall–Kier alpha value is -2.59. The topological polar surface area (TPSA) is 100 Å². The van der Waals surface area contributed by atoms with Crippen LogP contribution in [0.5, 0.6) is 0 Å². The maximum Gasteiger partial charge on any atom is 0.266 e. The van der Waals surface area contributed by atoms with Gasteiger partial charge in [0.25, 0.3) is 10.0 Å². The zero-order valence-electron chi connectivity index (χ0n) is 11.4. The molecule has 0 fully saturated rings. The lowest BCUT2D eigenvalue weighted by Gasteiger charge is -2.09. The number of nitrogens with zero attached hydrogens (tertiary/aromatic N) is 1.